The molecule has 0 aliphatic rings. The van der Waals surface area contributed by atoms with Gasteiger partial charge in [-0.25, -0.2) is 9.59 Å². The van der Waals surface area contributed by atoms with E-state index in [-0.39, 0.29) is 31.5 Å². The first-order chi connectivity index (χ1) is 11.8. The first kappa shape index (κ1) is 20.8. The Bertz CT molecular complexity index is 707. The summed E-state index contributed by atoms with van der Waals surface area (Å²) in [6.07, 6.45) is -0.442. The molecule has 0 saturated carbocycles. The summed E-state index contributed by atoms with van der Waals surface area (Å²) in [5.74, 6) is -1.11. The molecular formula is C13H19ClFN5O5. The number of alkyl halides is 1. The number of ether oxygens (including phenoxy) is 1. The van der Waals surface area contributed by atoms with E-state index in [9.17, 15) is 23.7 Å². The van der Waals surface area contributed by atoms with Gasteiger partial charge in [-0.2, -0.15) is 9.40 Å². The van der Waals surface area contributed by atoms with Gasteiger partial charge in [-0.3, -0.25) is 14.3 Å². The number of aromatic amines is 1. The normalized spacial score (nSPS) is 12.0. The SMILES string of the molecule is CC(C)OC(CCNC(=O)N(CCCl)N=O)n1cc(F)c(=O)[nH]c1=O. The number of nitroso groups, excluding NO2 is 1. The van der Waals surface area contributed by atoms with Crippen LogP contribution in [-0.4, -0.2) is 45.7 Å². The second-order valence-electron chi connectivity index (χ2n) is 5.20. The maximum atomic E-state index is 13.4. The minimum absolute atomic E-state index is 0.00227. The molecule has 0 bridgehead atoms. The second-order valence-corrected chi connectivity index (χ2v) is 5.58. The number of carbonyl (C=O) groups excluding carboxylic acids is 1. The zero-order valence-corrected chi connectivity index (χ0v) is 14.5. The summed E-state index contributed by atoms with van der Waals surface area (Å²) in [4.78, 5) is 47.0. The lowest BCUT2D eigenvalue weighted by Gasteiger charge is -2.23. The van der Waals surface area contributed by atoms with Gasteiger partial charge in [0.1, 0.15) is 6.23 Å². The van der Waals surface area contributed by atoms with Crippen LogP contribution in [0, 0.1) is 10.7 Å². The lowest BCUT2D eigenvalue weighted by molar-refractivity contribution is -0.0445. The molecular weight excluding hydrogens is 361 g/mol. The highest BCUT2D eigenvalue weighted by atomic mass is 35.5. The van der Waals surface area contributed by atoms with Gasteiger partial charge in [0, 0.05) is 18.8 Å². The van der Waals surface area contributed by atoms with Gasteiger partial charge < -0.3 is 10.1 Å². The van der Waals surface area contributed by atoms with Crippen LogP contribution in [0.2, 0.25) is 0 Å². The molecule has 1 aromatic rings. The van der Waals surface area contributed by atoms with E-state index in [1.165, 1.54) is 0 Å². The lowest BCUT2D eigenvalue weighted by Crippen LogP contribution is -2.40. The molecule has 0 aromatic carbocycles. The number of aromatic nitrogens is 2. The molecule has 0 aliphatic carbocycles. The molecule has 1 atom stereocenters. The number of amides is 2. The molecule has 0 fully saturated rings. The molecule has 0 saturated heterocycles. The van der Waals surface area contributed by atoms with Crippen LogP contribution in [0.4, 0.5) is 9.18 Å². The van der Waals surface area contributed by atoms with Gasteiger partial charge in [-0.05, 0) is 13.8 Å². The Morgan fingerprint density at radius 3 is 2.76 bits per heavy atom. The van der Waals surface area contributed by atoms with Crippen LogP contribution in [0.25, 0.3) is 0 Å². The molecule has 1 rings (SSSR count). The van der Waals surface area contributed by atoms with Gasteiger partial charge in [0.25, 0.3) is 5.56 Å². The molecule has 2 N–H and O–H groups in total. The van der Waals surface area contributed by atoms with Crippen molar-refractivity contribution >= 4 is 17.6 Å². The fourth-order valence-electron chi connectivity index (χ4n) is 1.91. The number of urea groups is 1. The van der Waals surface area contributed by atoms with E-state index < -0.39 is 29.3 Å². The van der Waals surface area contributed by atoms with Gasteiger partial charge in [0.2, 0.25) is 5.82 Å². The molecule has 140 valence electrons. The third-order valence-corrected chi connectivity index (χ3v) is 3.13. The lowest BCUT2D eigenvalue weighted by atomic mass is 10.3. The highest BCUT2D eigenvalue weighted by Gasteiger charge is 2.19. The van der Waals surface area contributed by atoms with Crippen LogP contribution in [-0.2, 0) is 4.74 Å². The molecule has 0 aliphatic heterocycles. The molecule has 0 spiro atoms. The van der Waals surface area contributed by atoms with Crippen LogP contribution in [0.5, 0.6) is 0 Å². The molecule has 0 radical (unpaired) electrons. The standard InChI is InChI=1S/C13H19ClFN5O5/c1-8(2)25-10(19-7-9(15)11(21)17-13(19)23)3-5-16-12(22)20(18-24)6-4-14/h7-8,10H,3-6H2,1-2H3,(H,16,22)(H,17,21,23). The number of H-pyrrole nitrogens is 1. The van der Waals surface area contributed by atoms with Gasteiger partial charge in [-0.15, -0.1) is 16.5 Å². The number of nitrogens with one attached hydrogen (secondary N) is 2. The molecule has 2 amide bonds. The monoisotopic (exact) mass is 379 g/mol. The minimum Gasteiger partial charge on any atom is -0.355 e. The van der Waals surface area contributed by atoms with Crippen molar-refractivity contribution in [1.82, 2.24) is 19.9 Å². The first-order valence-electron chi connectivity index (χ1n) is 7.41. The molecule has 1 heterocycles. The summed E-state index contributed by atoms with van der Waals surface area (Å²) >= 11 is 5.44. The first-order valence-corrected chi connectivity index (χ1v) is 7.94. The maximum Gasteiger partial charge on any atom is 0.340 e. The summed E-state index contributed by atoms with van der Waals surface area (Å²) in [7, 11) is 0. The van der Waals surface area contributed by atoms with Gasteiger partial charge in [0.05, 0.1) is 24.1 Å². The van der Waals surface area contributed by atoms with Crippen LogP contribution in [0.15, 0.2) is 21.1 Å². The van der Waals surface area contributed by atoms with Crippen molar-refractivity contribution in [2.75, 3.05) is 19.0 Å². The Hall–Kier alpha value is -2.27. The number of hydrogen-bond donors (Lipinski definition) is 2. The summed E-state index contributed by atoms with van der Waals surface area (Å²) in [5, 5.41) is 5.55. The third kappa shape index (κ3) is 6.27. The van der Waals surface area contributed by atoms with E-state index in [4.69, 9.17) is 16.3 Å². The van der Waals surface area contributed by atoms with E-state index in [0.29, 0.717) is 5.01 Å². The third-order valence-electron chi connectivity index (χ3n) is 2.96. The van der Waals surface area contributed by atoms with E-state index in [1.807, 2.05) is 4.98 Å². The van der Waals surface area contributed by atoms with E-state index in [2.05, 4.69) is 10.6 Å². The Morgan fingerprint density at radius 1 is 1.52 bits per heavy atom. The molecule has 25 heavy (non-hydrogen) atoms. The van der Waals surface area contributed by atoms with Crippen molar-refractivity contribution in [2.45, 2.75) is 32.6 Å². The van der Waals surface area contributed by atoms with E-state index >= 15 is 0 Å². The Morgan fingerprint density at radius 2 is 2.20 bits per heavy atom. The fourth-order valence-corrected chi connectivity index (χ4v) is 2.07. The van der Waals surface area contributed by atoms with Gasteiger partial charge >= 0.3 is 11.7 Å². The highest BCUT2D eigenvalue weighted by Crippen LogP contribution is 2.13. The smallest absolute Gasteiger partial charge is 0.340 e. The average molecular weight is 380 g/mol. The molecule has 12 heteroatoms. The summed E-state index contributed by atoms with van der Waals surface area (Å²) < 4.78 is 19.9. The van der Waals surface area contributed by atoms with E-state index in [0.717, 1.165) is 10.8 Å². The predicted octanol–water partition coefficient (Wildman–Crippen LogP) is 0.921. The zero-order valence-electron chi connectivity index (χ0n) is 13.7. The number of nitrogens with zero attached hydrogens (tertiary/aromatic N) is 3. The van der Waals surface area contributed by atoms with Crippen LogP contribution in [0.3, 0.4) is 0 Å². The Kier molecular flexibility index (Phi) is 8.22. The van der Waals surface area contributed by atoms with Gasteiger partial charge in [0.15, 0.2) is 0 Å². The highest BCUT2D eigenvalue weighted by molar-refractivity contribution is 6.18. The summed E-state index contributed by atoms with van der Waals surface area (Å²) in [6, 6.07) is -0.765. The van der Waals surface area contributed by atoms with Crippen LogP contribution >= 0.6 is 11.6 Å². The quantitative estimate of drug-likeness (QED) is 0.375. The van der Waals surface area contributed by atoms with Crippen molar-refractivity contribution in [3.05, 3.63) is 37.8 Å². The van der Waals surface area contributed by atoms with Crippen molar-refractivity contribution in [1.29, 1.82) is 0 Å². The molecule has 10 nitrogen and oxygen atoms in total. The maximum absolute atomic E-state index is 13.4. The zero-order chi connectivity index (χ0) is 19.0. The summed E-state index contributed by atoms with van der Waals surface area (Å²) in [5.41, 5.74) is -1.98. The van der Waals surface area contributed by atoms with Gasteiger partial charge in [-0.1, -0.05) is 0 Å². The number of halogens is 2. The Balaban J connectivity index is 2.83. The van der Waals surface area contributed by atoms with E-state index in [1.54, 1.807) is 13.8 Å². The average Bonchev–Trinajstić information content (AvgIpc) is 2.54. The fraction of sp³-hybridized carbons (Fsp3) is 0.615. The van der Waals surface area contributed by atoms with Crippen molar-refractivity contribution in [3.8, 4) is 0 Å². The van der Waals surface area contributed by atoms with Crippen LogP contribution < -0.4 is 16.6 Å². The molecule has 1 unspecified atom stereocenters. The Labute approximate surface area is 146 Å². The van der Waals surface area contributed by atoms with Crippen LogP contribution in [0.1, 0.15) is 26.5 Å². The van der Waals surface area contributed by atoms with Crippen molar-refractivity contribution in [3.63, 3.8) is 0 Å². The number of hydrogen-bond acceptors (Lipinski definition) is 6. The second kappa shape index (κ2) is 9.89. The minimum atomic E-state index is -1.14. The predicted molar refractivity (Wildman–Crippen MR) is 87.8 cm³/mol. The van der Waals surface area contributed by atoms with Crippen molar-refractivity contribution in [2.24, 2.45) is 5.29 Å². The largest absolute Gasteiger partial charge is 0.355 e. The summed E-state index contributed by atoms with van der Waals surface area (Å²) in [6.45, 7) is 3.35. The topological polar surface area (TPSA) is 126 Å². The van der Waals surface area contributed by atoms with Crippen molar-refractivity contribution < 1.29 is 13.9 Å². The molecule has 1 aromatic heterocycles. The number of rotatable bonds is 9. The number of carbonyl (C=O) groups is 1.